The zero-order valence-electron chi connectivity index (χ0n) is 11.6. The molecule has 0 aliphatic heterocycles. The number of non-ortho nitro benzene ring substituents is 1. The number of nitro groups is 1. The van der Waals surface area contributed by atoms with E-state index in [9.17, 15) is 10.1 Å². The predicted octanol–water partition coefficient (Wildman–Crippen LogP) is 2.81. The fourth-order valence-corrected chi connectivity index (χ4v) is 1.71. The van der Waals surface area contributed by atoms with Gasteiger partial charge in [-0.1, -0.05) is 0 Å². The third-order valence-electron chi connectivity index (χ3n) is 2.81. The topological polar surface area (TPSA) is 101 Å². The Morgan fingerprint density at radius 2 is 2.05 bits per heavy atom. The number of nitrogens with zero attached hydrogens (tertiary/aromatic N) is 2. The van der Waals surface area contributed by atoms with E-state index in [0.29, 0.717) is 11.5 Å². The molecule has 21 heavy (non-hydrogen) atoms. The number of methoxy groups -OCH3 is 1. The molecule has 0 unspecified atom stereocenters. The number of pyridine rings is 1. The van der Waals surface area contributed by atoms with Crippen LogP contribution in [0.3, 0.4) is 0 Å². The Morgan fingerprint density at radius 1 is 1.29 bits per heavy atom. The van der Waals surface area contributed by atoms with E-state index in [1.807, 2.05) is 6.92 Å². The lowest BCUT2D eigenvalue weighted by Crippen LogP contribution is -2.06. The number of rotatable bonds is 5. The lowest BCUT2D eigenvalue weighted by atomic mass is 10.2. The van der Waals surface area contributed by atoms with Gasteiger partial charge in [-0.25, -0.2) is 0 Å². The first-order valence-electron chi connectivity index (χ1n) is 6.23. The van der Waals surface area contributed by atoms with Gasteiger partial charge in [-0.05, 0) is 25.1 Å². The molecule has 1 aromatic carbocycles. The average Bonchev–Trinajstić information content (AvgIpc) is 2.47. The first-order chi connectivity index (χ1) is 10.0. The van der Waals surface area contributed by atoms with Crippen molar-refractivity contribution < 1.29 is 14.4 Å². The highest BCUT2D eigenvalue weighted by atomic mass is 16.6. The second kappa shape index (κ2) is 6.19. The molecule has 2 N–H and O–H groups in total. The monoisotopic (exact) mass is 289 g/mol. The van der Waals surface area contributed by atoms with E-state index in [4.69, 9.17) is 15.2 Å². The fraction of sp³-hybridized carbons (Fsp3) is 0.214. The Labute approximate surface area is 121 Å². The highest BCUT2D eigenvalue weighted by Gasteiger charge is 2.13. The summed E-state index contributed by atoms with van der Waals surface area (Å²) in [6, 6.07) is 7.40. The Bertz CT molecular complexity index is 641. The normalized spacial score (nSPS) is 11.8. The quantitative estimate of drug-likeness (QED) is 0.671. The van der Waals surface area contributed by atoms with Crippen LogP contribution in [0.2, 0.25) is 0 Å². The summed E-state index contributed by atoms with van der Waals surface area (Å²) in [5.41, 5.74) is 6.37. The molecule has 0 fully saturated rings. The molecule has 0 saturated heterocycles. The first kappa shape index (κ1) is 14.7. The molecule has 7 nitrogen and oxygen atoms in total. The van der Waals surface area contributed by atoms with Crippen molar-refractivity contribution in [1.29, 1.82) is 0 Å². The van der Waals surface area contributed by atoms with Gasteiger partial charge in [-0.15, -0.1) is 0 Å². The van der Waals surface area contributed by atoms with Gasteiger partial charge in [0.05, 0.1) is 30.0 Å². The molecule has 7 heteroatoms. The largest absolute Gasteiger partial charge is 0.493 e. The van der Waals surface area contributed by atoms with E-state index in [0.717, 1.165) is 5.69 Å². The predicted molar refractivity (Wildman–Crippen MR) is 76.6 cm³/mol. The molecule has 1 heterocycles. The van der Waals surface area contributed by atoms with E-state index in [-0.39, 0.29) is 17.5 Å². The van der Waals surface area contributed by atoms with E-state index in [2.05, 4.69) is 4.98 Å². The second-order valence-electron chi connectivity index (χ2n) is 4.40. The number of benzene rings is 1. The molecule has 2 aromatic rings. The van der Waals surface area contributed by atoms with Gasteiger partial charge in [0.15, 0.2) is 11.5 Å². The molecular formula is C14H15N3O4. The smallest absolute Gasteiger partial charge is 0.273 e. The van der Waals surface area contributed by atoms with Gasteiger partial charge in [0.1, 0.15) is 5.75 Å². The molecule has 0 radical (unpaired) electrons. The number of hydrogen-bond acceptors (Lipinski definition) is 6. The average molecular weight is 289 g/mol. The maximum atomic E-state index is 10.8. The summed E-state index contributed by atoms with van der Waals surface area (Å²) >= 11 is 0. The van der Waals surface area contributed by atoms with Gasteiger partial charge < -0.3 is 15.2 Å². The molecular weight excluding hydrogens is 274 g/mol. The highest BCUT2D eigenvalue weighted by molar-refractivity contribution is 5.50. The van der Waals surface area contributed by atoms with Crippen molar-refractivity contribution in [3.63, 3.8) is 0 Å². The van der Waals surface area contributed by atoms with E-state index >= 15 is 0 Å². The Morgan fingerprint density at radius 3 is 2.57 bits per heavy atom. The minimum Gasteiger partial charge on any atom is -0.493 e. The van der Waals surface area contributed by atoms with Crippen LogP contribution < -0.4 is 15.2 Å². The Balaban J connectivity index is 2.29. The van der Waals surface area contributed by atoms with Crippen molar-refractivity contribution in [3.8, 4) is 17.2 Å². The zero-order chi connectivity index (χ0) is 15.4. The Kier molecular flexibility index (Phi) is 4.34. The second-order valence-corrected chi connectivity index (χ2v) is 4.40. The molecule has 110 valence electrons. The van der Waals surface area contributed by atoms with Crippen LogP contribution in [0.25, 0.3) is 0 Å². The first-order valence-corrected chi connectivity index (χ1v) is 6.23. The number of aromatic nitrogens is 1. The minimum absolute atomic E-state index is 0.0778. The molecule has 0 saturated carbocycles. The van der Waals surface area contributed by atoms with Crippen LogP contribution in [0, 0.1) is 10.1 Å². The molecule has 2 rings (SSSR count). The van der Waals surface area contributed by atoms with Crippen LogP contribution in [0.15, 0.2) is 36.5 Å². The third kappa shape index (κ3) is 3.46. The lowest BCUT2D eigenvalue weighted by Gasteiger charge is -2.10. The molecule has 0 aliphatic carbocycles. The summed E-state index contributed by atoms with van der Waals surface area (Å²) in [6.45, 7) is 1.83. The maximum Gasteiger partial charge on any atom is 0.273 e. The Hall–Kier alpha value is -2.67. The van der Waals surface area contributed by atoms with Crippen LogP contribution >= 0.6 is 0 Å². The van der Waals surface area contributed by atoms with Crippen LogP contribution in [-0.4, -0.2) is 17.0 Å². The number of ether oxygens (including phenoxy) is 2. The van der Waals surface area contributed by atoms with Crippen molar-refractivity contribution in [2.45, 2.75) is 13.0 Å². The van der Waals surface area contributed by atoms with Gasteiger partial charge in [0.2, 0.25) is 0 Å². The van der Waals surface area contributed by atoms with Crippen molar-refractivity contribution >= 4 is 5.69 Å². The summed E-state index contributed by atoms with van der Waals surface area (Å²) in [7, 11) is 1.46. The van der Waals surface area contributed by atoms with Crippen LogP contribution in [-0.2, 0) is 0 Å². The van der Waals surface area contributed by atoms with Gasteiger partial charge in [-0.3, -0.25) is 15.1 Å². The number of hydrogen-bond donors (Lipinski definition) is 1. The van der Waals surface area contributed by atoms with E-state index in [1.54, 1.807) is 12.1 Å². The summed E-state index contributed by atoms with van der Waals surface area (Å²) in [4.78, 5) is 14.5. The lowest BCUT2D eigenvalue weighted by molar-refractivity contribution is -0.384. The highest BCUT2D eigenvalue weighted by Crippen LogP contribution is 2.34. The fourth-order valence-electron chi connectivity index (χ4n) is 1.71. The van der Waals surface area contributed by atoms with Gasteiger partial charge in [-0.2, -0.15) is 0 Å². The molecule has 0 spiro atoms. The van der Waals surface area contributed by atoms with Gasteiger partial charge in [0, 0.05) is 12.1 Å². The number of nitro benzene ring substituents is 1. The van der Waals surface area contributed by atoms with Crippen molar-refractivity contribution in [2.75, 3.05) is 7.11 Å². The van der Waals surface area contributed by atoms with Gasteiger partial charge in [0.25, 0.3) is 5.69 Å². The summed E-state index contributed by atoms with van der Waals surface area (Å²) in [6.07, 6.45) is 1.51. The standard InChI is InChI=1S/C14H15N3O4/c1-9(15)12-5-4-11(8-16-12)21-14-7-10(17(18)19)3-6-13(14)20-2/h3-9H,15H2,1-2H3/t9-/m0/s1. The van der Waals surface area contributed by atoms with Crippen LogP contribution in [0.5, 0.6) is 17.2 Å². The van der Waals surface area contributed by atoms with Crippen LogP contribution in [0.1, 0.15) is 18.7 Å². The maximum absolute atomic E-state index is 10.8. The number of nitrogens with two attached hydrogens (primary N) is 1. The minimum atomic E-state index is -0.496. The summed E-state index contributed by atoms with van der Waals surface area (Å²) in [5.74, 6) is 1.09. The summed E-state index contributed by atoms with van der Waals surface area (Å²) in [5, 5.41) is 10.8. The van der Waals surface area contributed by atoms with E-state index < -0.39 is 4.92 Å². The van der Waals surface area contributed by atoms with Crippen molar-refractivity contribution in [2.24, 2.45) is 5.73 Å². The third-order valence-corrected chi connectivity index (χ3v) is 2.81. The van der Waals surface area contributed by atoms with Crippen LogP contribution in [0.4, 0.5) is 5.69 Å². The van der Waals surface area contributed by atoms with Crippen molar-refractivity contribution in [1.82, 2.24) is 4.98 Å². The van der Waals surface area contributed by atoms with E-state index in [1.165, 1.54) is 31.5 Å². The molecule has 1 aromatic heterocycles. The van der Waals surface area contributed by atoms with Crippen molar-refractivity contribution in [3.05, 3.63) is 52.3 Å². The molecule has 0 amide bonds. The molecule has 1 atom stereocenters. The molecule has 0 bridgehead atoms. The SMILES string of the molecule is COc1ccc([N+](=O)[O-])cc1Oc1ccc([C@H](C)N)nc1. The molecule has 0 aliphatic rings. The summed E-state index contributed by atoms with van der Waals surface area (Å²) < 4.78 is 10.7. The van der Waals surface area contributed by atoms with Gasteiger partial charge >= 0.3 is 0 Å². The zero-order valence-corrected chi connectivity index (χ0v) is 11.6.